The maximum atomic E-state index is 6.57. The topological polar surface area (TPSA) is 32.8 Å². The molecule has 0 saturated carbocycles. The van der Waals surface area contributed by atoms with E-state index >= 15 is 0 Å². The molecular formula is C50H32N2O2. The van der Waals surface area contributed by atoms with Gasteiger partial charge in [-0.2, -0.15) is 0 Å². The second-order valence-electron chi connectivity index (χ2n) is 13.7. The van der Waals surface area contributed by atoms with E-state index in [0.717, 1.165) is 83.4 Å². The van der Waals surface area contributed by atoms with Crippen molar-refractivity contribution in [3.05, 3.63) is 194 Å². The summed E-state index contributed by atoms with van der Waals surface area (Å²) in [6.45, 7) is 0. The Balaban J connectivity index is 1.06. The van der Waals surface area contributed by atoms with Gasteiger partial charge in [0.05, 0.1) is 0 Å². The molecule has 0 spiro atoms. The lowest BCUT2D eigenvalue weighted by molar-refractivity contribution is 0.669. The van der Waals surface area contributed by atoms with Gasteiger partial charge in [0.15, 0.2) is 0 Å². The van der Waals surface area contributed by atoms with Crippen LogP contribution in [0.1, 0.15) is 0 Å². The van der Waals surface area contributed by atoms with Crippen LogP contribution in [0, 0.1) is 0 Å². The molecule has 0 atom stereocenters. The van der Waals surface area contributed by atoms with Crippen LogP contribution >= 0.6 is 0 Å². The highest BCUT2D eigenvalue weighted by Crippen LogP contribution is 2.45. The van der Waals surface area contributed by atoms with Gasteiger partial charge in [0.1, 0.15) is 22.3 Å². The van der Waals surface area contributed by atoms with Crippen molar-refractivity contribution in [1.82, 2.24) is 0 Å². The molecule has 2 heterocycles. The highest BCUT2D eigenvalue weighted by atomic mass is 16.3. The molecule has 0 fully saturated rings. The molecule has 4 nitrogen and oxygen atoms in total. The minimum atomic E-state index is 0.881. The molecule has 11 rings (SSSR count). The quantitative estimate of drug-likeness (QED) is 0.162. The minimum absolute atomic E-state index is 0.881. The van der Waals surface area contributed by atoms with Crippen LogP contribution in [0.2, 0.25) is 0 Å². The van der Waals surface area contributed by atoms with Crippen molar-refractivity contribution in [1.29, 1.82) is 0 Å². The number of rotatable bonds is 6. The molecule has 0 amide bonds. The minimum Gasteiger partial charge on any atom is -0.456 e. The predicted molar refractivity (Wildman–Crippen MR) is 225 cm³/mol. The van der Waals surface area contributed by atoms with Gasteiger partial charge >= 0.3 is 0 Å². The van der Waals surface area contributed by atoms with Gasteiger partial charge < -0.3 is 18.6 Å². The molecule has 54 heavy (non-hydrogen) atoms. The Hall–Kier alpha value is -7.30. The molecule has 9 aromatic carbocycles. The van der Waals surface area contributed by atoms with E-state index in [0.29, 0.717) is 0 Å². The number of hydrogen-bond donors (Lipinski definition) is 0. The van der Waals surface area contributed by atoms with E-state index < -0.39 is 0 Å². The zero-order valence-corrected chi connectivity index (χ0v) is 29.2. The molecule has 254 valence electrons. The Morgan fingerprint density at radius 3 is 1.35 bits per heavy atom. The average Bonchev–Trinajstić information content (AvgIpc) is 3.82. The third-order valence-electron chi connectivity index (χ3n) is 10.6. The summed E-state index contributed by atoms with van der Waals surface area (Å²) < 4.78 is 12.7. The smallest absolute Gasteiger partial charge is 0.143 e. The fourth-order valence-electron chi connectivity index (χ4n) is 8.18. The van der Waals surface area contributed by atoms with E-state index in [1.807, 2.05) is 18.2 Å². The second kappa shape index (κ2) is 12.1. The van der Waals surface area contributed by atoms with Crippen LogP contribution < -0.4 is 9.80 Å². The monoisotopic (exact) mass is 692 g/mol. The summed E-state index contributed by atoms with van der Waals surface area (Å²) in [5.74, 6) is 0. The average molecular weight is 693 g/mol. The Labute approximate surface area is 311 Å². The fraction of sp³-hybridized carbons (Fsp3) is 0. The standard InChI is InChI=1S/C50H32N2O2/c1-3-13-33(14-4-1)51(37-27-29-42-44(31-37)39-17-7-8-19-41(39)49-43-20-10-12-22-47(43)54-50(42)49)35-23-25-36(26-24-35)52(34-15-5-2-6-16-34)38-28-30-48-45(32-38)40-18-9-11-21-46(40)53-48/h1-32H. The maximum Gasteiger partial charge on any atom is 0.143 e. The van der Waals surface area contributed by atoms with Crippen molar-refractivity contribution in [2.24, 2.45) is 0 Å². The van der Waals surface area contributed by atoms with Crippen LogP contribution in [0.4, 0.5) is 34.1 Å². The summed E-state index contributed by atoms with van der Waals surface area (Å²) in [5, 5.41) is 9.18. The van der Waals surface area contributed by atoms with Gasteiger partial charge in [0.2, 0.25) is 0 Å². The third kappa shape index (κ3) is 4.78. The van der Waals surface area contributed by atoms with E-state index in [4.69, 9.17) is 8.83 Å². The molecule has 0 saturated heterocycles. The molecule has 11 aromatic rings. The van der Waals surface area contributed by atoms with E-state index in [2.05, 4.69) is 186 Å². The summed E-state index contributed by atoms with van der Waals surface area (Å²) in [4.78, 5) is 4.63. The lowest BCUT2D eigenvalue weighted by atomic mass is 9.96. The summed E-state index contributed by atoms with van der Waals surface area (Å²) in [7, 11) is 0. The lowest BCUT2D eigenvalue weighted by Gasteiger charge is -2.28. The Bertz CT molecular complexity index is 3160. The molecule has 0 bridgehead atoms. The van der Waals surface area contributed by atoms with Gasteiger partial charge in [-0.1, -0.05) is 97.1 Å². The first-order valence-electron chi connectivity index (χ1n) is 18.3. The van der Waals surface area contributed by atoms with Crippen LogP contribution in [-0.2, 0) is 0 Å². The molecule has 0 aliphatic heterocycles. The number of fused-ring (bicyclic) bond motifs is 11. The third-order valence-corrected chi connectivity index (χ3v) is 10.6. The van der Waals surface area contributed by atoms with Crippen molar-refractivity contribution >= 4 is 99.5 Å². The Kier molecular flexibility index (Phi) is 6.82. The summed E-state index contributed by atoms with van der Waals surface area (Å²) >= 11 is 0. The van der Waals surface area contributed by atoms with Crippen molar-refractivity contribution < 1.29 is 8.83 Å². The number of furan rings is 2. The predicted octanol–water partition coefficient (Wildman–Crippen LogP) is 14.7. The van der Waals surface area contributed by atoms with Crippen LogP contribution in [-0.4, -0.2) is 0 Å². The molecule has 0 N–H and O–H groups in total. The van der Waals surface area contributed by atoms with Gasteiger partial charge in [-0.05, 0) is 113 Å². The van der Waals surface area contributed by atoms with Gasteiger partial charge in [-0.3, -0.25) is 0 Å². The summed E-state index contributed by atoms with van der Waals surface area (Å²) in [5.41, 5.74) is 10.0. The van der Waals surface area contributed by atoms with E-state index in [9.17, 15) is 0 Å². The molecule has 0 aliphatic carbocycles. The molecular weight excluding hydrogens is 661 g/mol. The number of benzene rings is 9. The molecule has 0 radical (unpaired) electrons. The number of nitrogens with zero attached hydrogens (tertiary/aromatic N) is 2. The van der Waals surface area contributed by atoms with Gasteiger partial charge in [-0.15, -0.1) is 0 Å². The Morgan fingerprint density at radius 1 is 0.259 bits per heavy atom. The number of hydrogen-bond acceptors (Lipinski definition) is 4. The van der Waals surface area contributed by atoms with E-state index in [1.165, 1.54) is 16.2 Å². The zero-order chi connectivity index (χ0) is 35.6. The van der Waals surface area contributed by atoms with E-state index in [-0.39, 0.29) is 0 Å². The lowest BCUT2D eigenvalue weighted by Crippen LogP contribution is -2.12. The highest BCUT2D eigenvalue weighted by Gasteiger charge is 2.20. The summed E-state index contributed by atoms with van der Waals surface area (Å²) in [6.07, 6.45) is 0. The maximum absolute atomic E-state index is 6.57. The fourth-order valence-corrected chi connectivity index (χ4v) is 8.18. The Morgan fingerprint density at radius 2 is 0.704 bits per heavy atom. The molecule has 4 heteroatoms. The molecule has 0 unspecified atom stereocenters. The normalized spacial score (nSPS) is 11.7. The summed E-state index contributed by atoms with van der Waals surface area (Å²) in [6, 6.07) is 68.4. The van der Waals surface area contributed by atoms with Crippen molar-refractivity contribution in [2.45, 2.75) is 0 Å². The van der Waals surface area contributed by atoms with Gasteiger partial charge in [0, 0.05) is 61.1 Å². The van der Waals surface area contributed by atoms with Crippen LogP contribution in [0.25, 0.3) is 65.4 Å². The van der Waals surface area contributed by atoms with Crippen molar-refractivity contribution in [3.63, 3.8) is 0 Å². The van der Waals surface area contributed by atoms with Gasteiger partial charge in [0.25, 0.3) is 0 Å². The highest BCUT2D eigenvalue weighted by molar-refractivity contribution is 6.30. The van der Waals surface area contributed by atoms with Crippen LogP contribution in [0.5, 0.6) is 0 Å². The number of para-hydroxylation sites is 4. The molecule has 2 aromatic heterocycles. The van der Waals surface area contributed by atoms with Gasteiger partial charge in [-0.25, -0.2) is 0 Å². The first kappa shape index (κ1) is 30.3. The van der Waals surface area contributed by atoms with Crippen LogP contribution in [0.3, 0.4) is 0 Å². The SMILES string of the molecule is c1ccc(N(c2ccc(N(c3ccccc3)c3ccc4c(c3)c3ccccc3c3c5ccccc5oc43)cc2)c2ccc3oc4ccccc4c3c2)cc1. The number of anilines is 6. The molecule has 0 aliphatic rings. The van der Waals surface area contributed by atoms with Crippen molar-refractivity contribution in [3.8, 4) is 0 Å². The second-order valence-corrected chi connectivity index (χ2v) is 13.7. The van der Waals surface area contributed by atoms with Crippen LogP contribution in [0.15, 0.2) is 203 Å². The van der Waals surface area contributed by atoms with E-state index in [1.54, 1.807) is 0 Å². The van der Waals surface area contributed by atoms with Crippen molar-refractivity contribution in [2.75, 3.05) is 9.80 Å². The zero-order valence-electron chi connectivity index (χ0n) is 29.2. The largest absolute Gasteiger partial charge is 0.456 e. The first-order valence-corrected chi connectivity index (χ1v) is 18.3. The first-order chi connectivity index (χ1) is 26.8.